The van der Waals surface area contributed by atoms with E-state index in [1.807, 2.05) is 7.11 Å². The number of hydrogen-bond acceptors (Lipinski definition) is 1. The van der Waals surface area contributed by atoms with Crippen molar-refractivity contribution >= 4 is 0 Å². The topological polar surface area (TPSA) is 9.23 Å². The van der Waals surface area contributed by atoms with Crippen molar-refractivity contribution in [1.29, 1.82) is 0 Å². The second-order valence-electron chi connectivity index (χ2n) is 8.35. The van der Waals surface area contributed by atoms with Crippen LogP contribution in [0.4, 0.5) is 13.2 Å². The van der Waals surface area contributed by atoms with Gasteiger partial charge in [0.05, 0.1) is 5.60 Å². The summed E-state index contributed by atoms with van der Waals surface area (Å²) in [6.07, 6.45) is 14.3. The molecule has 168 valence electrons. The van der Waals surface area contributed by atoms with E-state index in [0.29, 0.717) is 17.9 Å². The third-order valence-electron chi connectivity index (χ3n) is 6.57. The maximum absolute atomic E-state index is 13.4. The van der Waals surface area contributed by atoms with Gasteiger partial charge in [0.2, 0.25) is 0 Å². The molecule has 0 spiro atoms. The highest BCUT2D eigenvalue weighted by molar-refractivity contribution is 5.19. The van der Waals surface area contributed by atoms with Crippen LogP contribution in [0.5, 0.6) is 0 Å². The molecule has 1 rings (SSSR count). The molecule has 0 aromatic heterocycles. The van der Waals surface area contributed by atoms with E-state index in [9.17, 15) is 13.2 Å². The molecule has 0 amide bonds. The molecule has 0 saturated carbocycles. The Morgan fingerprint density at radius 1 is 0.793 bits per heavy atom. The second kappa shape index (κ2) is 14.1. The SMILES string of the molecule is CCCCCCCCC(CCCCc1cc(F)c(F)c(F)c1)C(CC)(CC)OC. The Hall–Kier alpha value is -1.03. The third kappa shape index (κ3) is 8.32. The Bertz CT molecular complexity index is 538. The summed E-state index contributed by atoms with van der Waals surface area (Å²) < 4.78 is 45.9. The number of methoxy groups -OCH3 is 1. The van der Waals surface area contributed by atoms with Gasteiger partial charge in [0, 0.05) is 7.11 Å². The standard InChI is InChI=1S/C25H41F3O/c1-5-8-9-10-11-12-16-21(25(6-2,7-3)29-4)17-14-13-15-20-18-22(26)24(28)23(27)19-20/h18-19,21H,5-17H2,1-4H3. The number of hydrogen-bond donors (Lipinski definition) is 0. The largest absolute Gasteiger partial charge is 0.378 e. The van der Waals surface area contributed by atoms with E-state index < -0.39 is 17.5 Å². The van der Waals surface area contributed by atoms with Crippen molar-refractivity contribution in [2.75, 3.05) is 7.11 Å². The van der Waals surface area contributed by atoms with Gasteiger partial charge in [-0.25, -0.2) is 13.2 Å². The number of aryl methyl sites for hydroxylation is 1. The average Bonchev–Trinajstić information content (AvgIpc) is 2.72. The Morgan fingerprint density at radius 3 is 1.83 bits per heavy atom. The summed E-state index contributed by atoms with van der Waals surface area (Å²) in [5.74, 6) is -3.09. The molecular formula is C25H41F3O. The minimum atomic E-state index is -1.39. The molecule has 0 aliphatic heterocycles. The molecule has 0 heterocycles. The van der Waals surface area contributed by atoms with Gasteiger partial charge in [0.25, 0.3) is 0 Å². The summed E-state index contributed by atoms with van der Waals surface area (Å²) in [4.78, 5) is 0. The van der Waals surface area contributed by atoms with E-state index in [0.717, 1.165) is 44.2 Å². The minimum absolute atomic E-state index is 0.0858. The zero-order valence-corrected chi connectivity index (χ0v) is 19.0. The van der Waals surface area contributed by atoms with Gasteiger partial charge in [-0.3, -0.25) is 0 Å². The quantitative estimate of drug-likeness (QED) is 0.195. The lowest BCUT2D eigenvalue weighted by atomic mass is 9.76. The molecular weight excluding hydrogens is 373 g/mol. The first-order valence-corrected chi connectivity index (χ1v) is 11.6. The Kier molecular flexibility index (Phi) is 12.6. The normalized spacial score (nSPS) is 13.1. The highest BCUT2D eigenvalue weighted by atomic mass is 19.2. The average molecular weight is 415 g/mol. The molecule has 0 aliphatic rings. The summed E-state index contributed by atoms with van der Waals surface area (Å²) in [5, 5.41) is 0. The first kappa shape index (κ1) is 26.0. The second-order valence-corrected chi connectivity index (χ2v) is 8.35. The zero-order valence-electron chi connectivity index (χ0n) is 19.0. The van der Waals surface area contributed by atoms with Crippen molar-refractivity contribution < 1.29 is 17.9 Å². The van der Waals surface area contributed by atoms with Crippen LogP contribution in [0.25, 0.3) is 0 Å². The lowest BCUT2D eigenvalue weighted by molar-refractivity contribution is -0.0711. The molecule has 29 heavy (non-hydrogen) atoms. The molecule has 0 radical (unpaired) electrons. The monoisotopic (exact) mass is 414 g/mol. The molecule has 0 saturated heterocycles. The molecule has 0 aliphatic carbocycles. The lowest BCUT2D eigenvalue weighted by Gasteiger charge is -2.39. The van der Waals surface area contributed by atoms with Crippen LogP contribution in [-0.2, 0) is 11.2 Å². The van der Waals surface area contributed by atoms with Crippen molar-refractivity contribution in [3.8, 4) is 0 Å². The highest BCUT2D eigenvalue weighted by Gasteiger charge is 2.34. The Morgan fingerprint density at radius 2 is 1.31 bits per heavy atom. The number of benzene rings is 1. The van der Waals surface area contributed by atoms with Gasteiger partial charge in [-0.1, -0.05) is 65.7 Å². The predicted octanol–water partition coefficient (Wildman–Crippen LogP) is 8.39. The van der Waals surface area contributed by atoms with E-state index in [1.165, 1.54) is 44.9 Å². The maximum Gasteiger partial charge on any atom is 0.194 e. The fourth-order valence-corrected chi connectivity index (χ4v) is 4.60. The van der Waals surface area contributed by atoms with E-state index >= 15 is 0 Å². The molecule has 1 unspecified atom stereocenters. The van der Waals surface area contributed by atoms with Crippen LogP contribution in [0.15, 0.2) is 12.1 Å². The van der Waals surface area contributed by atoms with Crippen LogP contribution in [0, 0.1) is 23.4 Å². The van der Waals surface area contributed by atoms with Crippen LogP contribution in [0.2, 0.25) is 0 Å². The van der Waals surface area contributed by atoms with Gasteiger partial charge in [-0.2, -0.15) is 0 Å². The number of halogens is 3. The van der Waals surface area contributed by atoms with Gasteiger partial charge in [0.15, 0.2) is 17.5 Å². The van der Waals surface area contributed by atoms with E-state index in [1.54, 1.807) is 0 Å². The van der Waals surface area contributed by atoms with Gasteiger partial charge in [-0.15, -0.1) is 0 Å². The van der Waals surface area contributed by atoms with Crippen LogP contribution in [0.1, 0.15) is 103 Å². The summed E-state index contributed by atoms with van der Waals surface area (Å²) in [5.41, 5.74) is 0.440. The first-order valence-electron chi connectivity index (χ1n) is 11.6. The van der Waals surface area contributed by atoms with Gasteiger partial charge in [0.1, 0.15) is 0 Å². The third-order valence-corrected chi connectivity index (χ3v) is 6.57. The lowest BCUT2D eigenvalue weighted by Crippen LogP contribution is -2.39. The number of unbranched alkanes of at least 4 members (excludes halogenated alkanes) is 6. The molecule has 1 atom stereocenters. The van der Waals surface area contributed by atoms with Gasteiger partial charge >= 0.3 is 0 Å². The van der Waals surface area contributed by atoms with Gasteiger partial charge < -0.3 is 4.74 Å². The minimum Gasteiger partial charge on any atom is -0.378 e. The van der Waals surface area contributed by atoms with Crippen molar-refractivity contribution in [3.63, 3.8) is 0 Å². The smallest absolute Gasteiger partial charge is 0.194 e. The molecule has 4 heteroatoms. The molecule has 0 bridgehead atoms. The number of rotatable bonds is 16. The molecule has 0 N–H and O–H groups in total. The maximum atomic E-state index is 13.4. The van der Waals surface area contributed by atoms with Crippen LogP contribution in [0.3, 0.4) is 0 Å². The fourth-order valence-electron chi connectivity index (χ4n) is 4.60. The summed E-state index contributed by atoms with van der Waals surface area (Å²) in [7, 11) is 1.82. The van der Waals surface area contributed by atoms with E-state index in [4.69, 9.17) is 4.74 Å². The molecule has 1 aromatic rings. The van der Waals surface area contributed by atoms with E-state index in [-0.39, 0.29) is 5.60 Å². The molecule has 1 aromatic carbocycles. The number of ether oxygens (including phenoxy) is 1. The molecule has 0 fully saturated rings. The Balaban J connectivity index is 2.57. The summed E-state index contributed by atoms with van der Waals surface area (Å²) in [6, 6.07) is 2.23. The van der Waals surface area contributed by atoms with Crippen molar-refractivity contribution in [2.24, 2.45) is 5.92 Å². The summed E-state index contributed by atoms with van der Waals surface area (Å²) >= 11 is 0. The first-order chi connectivity index (χ1) is 13.9. The van der Waals surface area contributed by atoms with Crippen LogP contribution < -0.4 is 0 Å². The van der Waals surface area contributed by atoms with Crippen LogP contribution in [-0.4, -0.2) is 12.7 Å². The van der Waals surface area contributed by atoms with E-state index in [2.05, 4.69) is 20.8 Å². The summed E-state index contributed by atoms with van der Waals surface area (Å²) in [6.45, 7) is 6.64. The zero-order chi connectivity index (χ0) is 21.7. The van der Waals surface area contributed by atoms with Crippen molar-refractivity contribution in [2.45, 2.75) is 110 Å². The highest BCUT2D eigenvalue weighted by Crippen LogP contribution is 2.36. The fraction of sp³-hybridized carbons (Fsp3) is 0.760. The molecule has 1 nitrogen and oxygen atoms in total. The Labute approximate surface area is 176 Å². The van der Waals surface area contributed by atoms with Crippen molar-refractivity contribution in [3.05, 3.63) is 35.1 Å². The van der Waals surface area contributed by atoms with Crippen LogP contribution >= 0.6 is 0 Å². The van der Waals surface area contributed by atoms with Crippen molar-refractivity contribution in [1.82, 2.24) is 0 Å². The predicted molar refractivity (Wildman–Crippen MR) is 116 cm³/mol. The van der Waals surface area contributed by atoms with Gasteiger partial charge in [-0.05, 0) is 62.1 Å².